The number of hydrogen-bond donors (Lipinski definition) is 0. The Kier molecular flexibility index (Phi) is 5.29. The lowest BCUT2D eigenvalue weighted by Gasteiger charge is -2.19. The number of fused-ring (bicyclic) bond motifs is 11. The summed E-state index contributed by atoms with van der Waals surface area (Å²) < 4.78 is 2.58. The van der Waals surface area contributed by atoms with Gasteiger partial charge < -0.3 is 4.57 Å². The van der Waals surface area contributed by atoms with Gasteiger partial charge in [0.2, 0.25) is 0 Å². The van der Waals surface area contributed by atoms with Crippen molar-refractivity contribution in [3.8, 4) is 16.8 Å². The maximum absolute atomic E-state index is 2.58. The maximum Gasteiger partial charge on any atom is 0.0626 e. The van der Waals surface area contributed by atoms with E-state index in [-0.39, 0.29) is 0 Å². The summed E-state index contributed by atoms with van der Waals surface area (Å²) in [5.74, 6) is 0. The van der Waals surface area contributed by atoms with Gasteiger partial charge in [-0.05, 0) is 94.6 Å². The Balaban J connectivity index is 1.30. The molecule has 51 heavy (non-hydrogen) atoms. The molecule has 0 radical (unpaired) electrons. The fraction of sp³-hybridized carbons (Fsp3) is 0. The second kappa shape index (κ2) is 9.94. The van der Waals surface area contributed by atoms with Crippen molar-refractivity contribution >= 4 is 97.2 Å². The molecule has 0 bridgehead atoms. The molecular formula is C50H29N. The second-order valence-electron chi connectivity index (χ2n) is 14.0. The van der Waals surface area contributed by atoms with E-state index in [0.717, 1.165) is 0 Å². The van der Waals surface area contributed by atoms with E-state index in [9.17, 15) is 0 Å². The van der Waals surface area contributed by atoms with Gasteiger partial charge in [0.05, 0.1) is 16.7 Å². The summed E-state index contributed by atoms with van der Waals surface area (Å²) in [6.45, 7) is 0. The van der Waals surface area contributed by atoms with Crippen LogP contribution in [0.3, 0.4) is 0 Å². The highest BCUT2D eigenvalue weighted by Crippen LogP contribution is 2.49. The molecule has 234 valence electrons. The van der Waals surface area contributed by atoms with E-state index >= 15 is 0 Å². The molecule has 1 aromatic heterocycles. The molecule has 0 atom stereocenters. The monoisotopic (exact) mass is 643 g/mol. The van der Waals surface area contributed by atoms with Crippen LogP contribution >= 0.6 is 0 Å². The Labute approximate surface area is 293 Å². The van der Waals surface area contributed by atoms with Gasteiger partial charge in [0.1, 0.15) is 0 Å². The van der Waals surface area contributed by atoms with Gasteiger partial charge in [-0.25, -0.2) is 0 Å². The molecule has 0 unspecified atom stereocenters. The molecule has 0 aliphatic rings. The minimum atomic E-state index is 1.21. The van der Waals surface area contributed by atoms with Crippen LogP contribution in [0.2, 0.25) is 0 Å². The number of hydrogen-bond acceptors (Lipinski definition) is 0. The van der Waals surface area contributed by atoms with Gasteiger partial charge in [-0.15, -0.1) is 0 Å². The van der Waals surface area contributed by atoms with E-state index in [0.29, 0.717) is 0 Å². The average Bonchev–Trinajstić information content (AvgIpc) is 3.55. The molecule has 0 amide bonds. The predicted octanol–water partition coefficient (Wildman–Crippen LogP) is 14.0. The molecule has 12 aromatic rings. The van der Waals surface area contributed by atoms with E-state index in [1.54, 1.807) is 0 Å². The van der Waals surface area contributed by atoms with Crippen molar-refractivity contribution in [2.45, 2.75) is 0 Å². The first kappa shape index (κ1) is 27.2. The second-order valence-corrected chi connectivity index (χ2v) is 14.0. The normalized spacial score (nSPS) is 12.3. The third-order valence-corrected chi connectivity index (χ3v) is 11.4. The topological polar surface area (TPSA) is 4.93 Å². The van der Waals surface area contributed by atoms with Crippen molar-refractivity contribution in [1.82, 2.24) is 4.57 Å². The van der Waals surface area contributed by atoms with Gasteiger partial charge >= 0.3 is 0 Å². The van der Waals surface area contributed by atoms with Crippen LogP contribution in [0.25, 0.3) is 114 Å². The van der Waals surface area contributed by atoms with Crippen molar-refractivity contribution in [3.05, 3.63) is 176 Å². The maximum atomic E-state index is 2.58. The van der Waals surface area contributed by atoms with E-state index in [4.69, 9.17) is 0 Å². The van der Waals surface area contributed by atoms with Crippen LogP contribution in [0.4, 0.5) is 0 Å². The van der Waals surface area contributed by atoms with Gasteiger partial charge in [0.15, 0.2) is 0 Å². The van der Waals surface area contributed by atoms with E-state index < -0.39 is 0 Å². The molecule has 1 heteroatoms. The van der Waals surface area contributed by atoms with E-state index in [1.807, 2.05) is 0 Å². The summed E-state index contributed by atoms with van der Waals surface area (Å²) in [7, 11) is 0. The molecule has 1 nitrogen and oxygen atoms in total. The summed E-state index contributed by atoms with van der Waals surface area (Å²) in [5.41, 5.74) is 6.23. The van der Waals surface area contributed by atoms with Gasteiger partial charge in [0, 0.05) is 26.9 Å². The summed E-state index contributed by atoms with van der Waals surface area (Å²) in [6.07, 6.45) is 0. The van der Waals surface area contributed by atoms with Crippen LogP contribution in [0.5, 0.6) is 0 Å². The van der Waals surface area contributed by atoms with Crippen molar-refractivity contribution in [2.75, 3.05) is 0 Å². The molecular weight excluding hydrogens is 615 g/mol. The molecule has 12 rings (SSSR count). The average molecular weight is 644 g/mol. The van der Waals surface area contributed by atoms with Gasteiger partial charge in [-0.3, -0.25) is 0 Å². The van der Waals surface area contributed by atoms with Crippen LogP contribution in [-0.2, 0) is 0 Å². The van der Waals surface area contributed by atoms with Crippen molar-refractivity contribution in [2.24, 2.45) is 0 Å². The summed E-state index contributed by atoms with van der Waals surface area (Å²) >= 11 is 0. The van der Waals surface area contributed by atoms with Crippen LogP contribution in [0.15, 0.2) is 176 Å². The smallest absolute Gasteiger partial charge is 0.0626 e. The number of benzene rings is 11. The fourth-order valence-corrected chi connectivity index (χ4v) is 9.29. The lowest BCUT2D eigenvalue weighted by atomic mass is 9.86. The molecule has 0 N–H and O–H groups in total. The van der Waals surface area contributed by atoms with Crippen LogP contribution in [-0.4, -0.2) is 4.57 Å². The Morgan fingerprint density at radius 1 is 0.294 bits per heavy atom. The van der Waals surface area contributed by atoms with Crippen molar-refractivity contribution in [3.63, 3.8) is 0 Å². The highest BCUT2D eigenvalue weighted by atomic mass is 15.0. The zero-order valence-electron chi connectivity index (χ0n) is 27.7. The lowest BCUT2D eigenvalue weighted by Crippen LogP contribution is -1.98. The van der Waals surface area contributed by atoms with Gasteiger partial charge in [0.25, 0.3) is 0 Å². The predicted molar refractivity (Wildman–Crippen MR) is 220 cm³/mol. The molecule has 1 heterocycles. The van der Waals surface area contributed by atoms with Crippen molar-refractivity contribution in [1.29, 1.82) is 0 Å². The van der Waals surface area contributed by atoms with Crippen LogP contribution < -0.4 is 0 Å². The molecule has 0 fully saturated rings. The Bertz CT molecular complexity index is 3420. The summed E-state index contributed by atoms with van der Waals surface area (Å²) in [6, 6.07) is 65.6. The molecule has 0 aliphatic heterocycles. The van der Waals surface area contributed by atoms with Gasteiger partial charge in [-0.1, -0.05) is 152 Å². The van der Waals surface area contributed by atoms with Crippen LogP contribution in [0.1, 0.15) is 0 Å². The highest BCUT2D eigenvalue weighted by molar-refractivity contribution is 6.39. The van der Waals surface area contributed by atoms with E-state index in [1.165, 1.54) is 114 Å². The first-order valence-electron chi connectivity index (χ1n) is 17.8. The molecule has 0 saturated carbocycles. The number of aromatic nitrogens is 1. The highest BCUT2D eigenvalue weighted by Gasteiger charge is 2.23. The zero-order valence-corrected chi connectivity index (χ0v) is 27.7. The largest absolute Gasteiger partial charge is 0.308 e. The van der Waals surface area contributed by atoms with Gasteiger partial charge in [-0.2, -0.15) is 0 Å². The third-order valence-electron chi connectivity index (χ3n) is 11.4. The fourth-order valence-electron chi connectivity index (χ4n) is 9.29. The Morgan fingerprint density at radius 2 is 0.922 bits per heavy atom. The quantitative estimate of drug-likeness (QED) is 0.165. The first-order chi connectivity index (χ1) is 25.3. The SMILES string of the molecule is c1ccc2cc(-c3cc4cccc5c4c4c3cccc4c3c5c4ccccc4n3-c3cc4c5ccccc5ccc4c4ccccc34)ccc2c1. The summed E-state index contributed by atoms with van der Waals surface area (Å²) in [4.78, 5) is 0. The first-order valence-corrected chi connectivity index (χ1v) is 17.8. The van der Waals surface area contributed by atoms with E-state index in [2.05, 4.69) is 180 Å². The zero-order chi connectivity index (χ0) is 33.2. The summed E-state index contributed by atoms with van der Waals surface area (Å²) in [5, 5.41) is 20.6. The Hall–Kier alpha value is -6.70. The Morgan fingerprint density at radius 3 is 1.82 bits per heavy atom. The lowest BCUT2D eigenvalue weighted by molar-refractivity contribution is 1.21. The number of para-hydroxylation sites is 1. The standard InChI is InChI=1S/C50H29N/c1-2-13-32-27-33(24-23-30(32)11-1)43-28-34-14-9-20-41-47(34)48-39(43)19-10-21-42(48)50-49(41)40-18-7-8-22-45(40)51(50)46-29-44-35-15-4-3-12-31(35)25-26-37(44)36-16-5-6-17-38(36)46/h1-29H. The minimum Gasteiger partial charge on any atom is -0.308 e. The molecule has 0 aliphatic carbocycles. The third kappa shape index (κ3) is 3.60. The molecule has 0 spiro atoms. The van der Waals surface area contributed by atoms with Crippen LogP contribution in [0, 0.1) is 0 Å². The number of rotatable bonds is 2. The molecule has 0 saturated heterocycles. The molecule has 11 aromatic carbocycles. The minimum absolute atomic E-state index is 1.21. The number of nitrogens with zero attached hydrogens (tertiary/aromatic N) is 1. The van der Waals surface area contributed by atoms with Crippen molar-refractivity contribution < 1.29 is 0 Å².